The predicted octanol–water partition coefficient (Wildman–Crippen LogP) is 1.96. The Bertz CT molecular complexity index is 233. The minimum atomic E-state index is 0.966. The van der Waals surface area contributed by atoms with Crippen LogP contribution >= 0.6 is 11.8 Å². The number of nitrogens with one attached hydrogen (secondary N) is 1. The molecule has 1 heterocycles. The molecule has 3 heteroatoms. The molecule has 13 heavy (non-hydrogen) atoms. The lowest BCUT2D eigenvalue weighted by molar-refractivity contribution is 0.763. The van der Waals surface area contributed by atoms with Crippen LogP contribution in [0.4, 0.5) is 0 Å². The number of aromatic nitrogens is 1. The number of nitrogens with zero attached hydrogens (tertiary/aromatic N) is 1. The summed E-state index contributed by atoms with van der Waals surface area (Å²) in [5.74, 6) is 2.43. The molecule has 0 saturated heterocycles. The molecule has 0 saturated carbocycles. The Morgan fingerprint density at radius 2 is 2.38 bits per heavy atom. The van der Waals surface area contributed by atoms with E-state index in [-0.39, 0.29) is 0 Å². The first-order valence-corrected chi connectivity index (χ1v) is 5.89. The van der Waals surface area contributed by atoms with E-state index < -0.39 is 0 Å². The fourth-order valence-electron chi connectivity index (χ4n) is 1.25. The van der Waals surface area contributed by atoms with Crippen LogP contribution in [-0.2, 0) is 13.1 Å². The summed E-state index contributed by atoms with van der Waals surface area (Å²) in [6, 6.07) is 2.17. The molecule has 0 aliphatic heterocycles. The van der Waals surface area contributed by atoms with Crippen molar-refractivity contribution < 1.29 is 0 Å². The molecule has 1 rings (SSSR count). The van der Waals surface area contributed by atoms with E-state index in [1.54, 1.807) is 0 Å². The van der Waals surface area contributed by atoms with Gasteiger partial charge in [0.2, 0.25) is 0 Å². The zero-order valence-electron chi connectivity index (χ0n) is 8.42. The summed E-state index contributed by atoms with van der Waals surface area (Å²) in [6.07, 6.45) is 4.37. The van der Waals surface area contributed by atoms with Crippen LogP contribution in [0.1, 0.15) is 12.5 Å². The Labute approximate surface area is 84.7 Å². The Kier molecular flexibility index (Phi) is 5.01. The van der Waals surface area contributed by atoms with Crippen LogP contribution in [-0.4, -0.2) is 23.1 Å². The van der Waals surface area contributed by atoms with Gasteiger partial charge in [0.05, 0.1) is 0 Å². The fourth-order valence-corrected chi connectivity index (χ4v) is 1.88. The van der Waals surface area contributed by atoms with Crippen LogP contribution in [0, 0.1) is 0 Å². The molecule has 2 nitrogen and oxygen atoms in total. The van der Waals surface area contributed by atoms with Crippen molar-refractivity contribution in [3.8, 4) is 0 Å². The van der Waals surface area contributed by atoms with Crippen molar-refractivity contribution >= 4 is 11.8 Å². The fraction of sp³-hybridized carbons (Fsp3) is 0.600. The van der Waals surface area contributed by atoms with Crippen molar-refractivity contribution in [3.05, 3.63) is 24.0 Å². The molecule has 1 N–H and O–H groups in total. The van der Waals surface area contributed by atoms with E-state index in [1.807, 2.05) is 18.8 Å². The predicted molar refractivity (Wildman–Crippen MR) is 60.2 cm³/mol. The molecule has 0 fully saturated rings. The van der Waals surface area contributed by atoms with Crippen LogP contribution in [0.25, 0.3) is 0 Å². The van der Waals surface area contributed by atoms with Crippen molar-refractivity contribution in [2.45, 2.75) is 20.0 Å². The molecule has 0 atom stereocenters. The zero-order valence-corrected chi connectivity index (χ0v) is 9.23. The third-order valence-corrected chi connectivity index (χ3v) is 2.77. The summed E-state index contributed by atoms with van der Waals surface area (Å²) in [4.78, 5) is 0. The van der Waals surface area contributed by atoms with E-state index in [2.05, 4.69) is 35.3 Å². The molecular formula is C10H18N2S. The Balaban J connectivity index is 2.31. The molecule has 0 unspecified atom stereocenters. The van der Waals surface area contributed by atoms with Crippen LogP contribution in [0.5, 0.6) is 0 Å². The third kappa shape index (κ3) is 3.87. The molecule has 1 aromatic rings. The first-order chi connectivity index (χ1) is 6.36. The highest BCUT2D eigenvalue weighted by Crippen LogP contribution is 2.04. The second-order valence-electron chi connectivity index (χ2n) is 2.98. The molecule has 0 spiro atoms. The minimum Gasteiger partial charge on any atom is -0.353 e. The largest absolute Gasteiger partial charge is 0.353 e. The molecule has 0 radical (unpaired) electrons. The summed E-state index contributed by atoms with van der Waals surface area (Å²) in [7, 11) is 1.98. The maximum absolute atomic E-state index is 3.15. The monoisotopic (exact) mass is 198 g/mol. The molecule has 1 aromatic heterocycles. The van der Waals surface area contributed by atoms with Gasteiger partial charge in [-0.3, -0.25) is 0 Å². The normalized spacial score (nSPS) is 10.6. The SMILES string of the molecule is CCSCCn1ccc(CNC)c1. The van der Waals surface area contributed by atoms with E-state index in [4.69, 9.17) is 0 Å². The summed E-state index contributed by atoms with van der Waals surface area (Å²) < 4.78 is 2.26. The molecule has 74 valence electrons. The van der Waals surface area contributed by atoms with Gasteiger partial charge in [0.1, 0.15) is 0 Å². The molecule has 0 aromatic carbocycles. The average molecular weight is 198 g/mol. The first kappa shape index (κ1) is 10.7. The van der Waals surface area contributed by atoms with E-state index >= 15 is 0 Å². The van der Waals surface area contributed by atoms with E-state index in [9.17, 15) is 0 Å². The van der Waals surface area contributed by atoms with Gasteiger partial charge in [-0.2, -0.15) is 11.8 Å². The van der Waals surface area contributed by atoms with Crippen LogP contribution in [0.2, 0.25) is 0 Å². The topological polar surface area (TPSA) is 17.0 Å². The smallest absolute Gasteiger partial charge is 0.0310 e. The summed E-state index contributed by atoms with van der Waals surface area (Å²) in [5, 5.41) is 3.15. The van der Waals surface area contributed by atoms with Crippen LogP contribution in [0.3, 0.4) is 0 Å². The molecule has 0 bridgehead atoms. The second kappa shape index (κ2) is 6.11. The Morgan fingerprint density at radius 1 is 1.54 bits per heavy atom. The highest BCUT2D eigenvalue weighted by Gasteiger charge is 1.94. The quantitative estimate of drug-likeness (QED) is 0.704. The lowest BCUT2D eigenvalue weighted by atomic mass is 10.3. The van der Waals surface area contributed by atoms with E-state index in [1.165, 1.54) is 17.1 Å². The molecule has 0 aliphatic rings. The molecule has 0 amide bonds. The standard InChI is InChI=1S/C10H18N2S/c1-3-13-7-6-12-5-4-10(9-12)8-11-2/h4-5,9,11H,3,6-8H2,1-2H3. The number of hydrogen-bond donors (Lipinski definition) is 1. The Hall–Kier alpha value is -0.410. The number of aryl methyl sites for hydroxylation is 1. The maximum Gasteiger partial charge on any atom is 0.0310 e. The summed E-state index contributed by atoms with van der Waals surface area (Å²) in [6.45, 7) is 4.29. The molecule has 0 aliphatic carbocycles. The maximum atomic E-state index is 3.15. The summed E-state index contributed by atoms with van der Waals surface area (Å²) >= 11 is 1.99. The average Bonchev–Trinajstić information content (AvgIpc) is 2.54. The molecular weight excluding hydrogens is 180 g/mol. The summed E-state index contributed by atoms with van der Waals surface area (Å²) in [5.41, 5.74) is 1.36. The highest BCUT2D eigenvalue weighted by atomic mass is 32.2. The van der Waals surface area contributed by atoms with Gasteiger partial charge in [-0.05, 0) is 24.4 Å². The highest BCUT2D eigenvalue weighted by molar-refractivity contribution is 7.99. The van der Waals surface area contributed by atoms with Gasteiger partial charge in [0.25, 0.3) is 0 Å². The van der Waals surface area contributed by atoms with Crippen LogP contribution in [0.15, 0.2) is 18.5 Å². The second-order valence-corrected chi connectivity index (χ2v) is 4.38. The van der Waals surface area contributed by atoms with E-state index in [0.717, 1.165) is 13.1 Å². The first-order valence-electron chi connectivity index (χ1n) is 4.73. The van der Waals surface area contributed by atoms with Gasteiger partial charge in [-0.15, -0.1) is 0 Å². The van der Waals surface area contributed by atoms with Gasteiger partial charge in [-0.1, -0.05) is 6.92 Å². The lowest BCUT2D eigenvalue weighted by Gasteiger charge is -2.00. The van der Waals surface area contributed by atoms with Crippen molar-refractivity contribution in [3.63, 3.8) is 0 Å². The van der Waals surface area contributed by atoms with Crippen molar-refractivity contribution in [2.24, 2.45) is 0 Å². The van der Waals surface area contributed by atoms with Gasteiger partial charge in [0, 0.05) is 31.2 Å². The minimum absolute atomic E-state index is 0.966. The van der Waals surface area contributed by atoms with Gasteiger partial charge in [-0.25, -0.2) is 0 Å². The van der Waals surface area contributed by atoms with Crippen molar-refractivity contribution in [2.75, 3.05) is 18.6 Å². The Morgan fingerprint density at radius 3 is 3.08 bits per heavy atom. The number of thioether (sulfide) groups is 1. The van der Waals surface area contributed by atoms with Gasteiger partial charge < -0.3 is 9.88 Å². The van der Waals surface area contributed by atoms with Crippen molar-refractivity contribution in [1.29, 1.82) is 0 Å². The number of hydrogen-bond acceptors (Lipinski definition) is 2. The van der Waals surface area contributed by atoms with Gasteiger partial charge >= 0.3 is 0 Å². The lowest BCUT2D eigenvalue weighted by Crippen LogP contribution is -2.04. The van der Waals surface area contributed by atoms with Gasteiger partial charge in [0.15, 0.2) is 0 Å². The van der Waals surface area contributed by atoms with Crippen LogP contribution < -0.4 is 5.32 Å². The third-order valence-electron chi connectivity index (χ3n) is 1.89. The van der Waals surface area contributed by atoms with Crippen molar-refractivity contribution in [1.82, 2.24) is 9.88 Å². The number of rotatable bonds is 6. The van der Waals surface area contributed by atoms with E-state index in [0.29, 0.717) is 0 Å². The zero-order chi connectivity index (χ0) is 9.52.